The number of nitrogens with zero attached hydrogens (tertiary/aromatic N) is 1. The number of hydrogen-bond donors (Lipinski definition) is 1. The first kappa shape index (κ1) is 13.0. The molecule has 0 aliphatic carbocycles. The van der Waals surface area contributed by atoms with E-state index in [2.05, 4.69) is 31.0 Å². The van der Waals surface area contributed by atoms with Gasteiger partial charge in [0.1, 0.15) is 0 Å². The van der Waals surface area contributed by atoms with Crippen LogP contribution in [0.4, 0.5) is 0 Å². The average molecular weight is 231 g/mol. The van der Waals surface area contributed by atoms with Gasteiger partial charge in [0, 0.05) is 30.2 Å². The predicted octanol–water partition coefficient (Wildman–Crippen LogP) is 2.59. The van der Waals surface area contributed by atoms with Crippen LogP contribution in [-0.4, -0.2) is 36.1 Å². The number of halogens is 1. The highest BCUT2D eigenvalue weighted by molar-refractivity contribution is 6.25. The normalized spacial score (nSPS) is 24.1. The maximum atomic E-state index is 5.55. The summed E-state index contributed by atoms with van der Waals surface area (Å²) in [5.74, 6) is 0. The molecule has 1 rings (SSSR count). The minimum Gasteiger partial charge on any atom is -0.311 e. The molecule has 3 heteroatoms. The van der Waals surface area contributed by atoms with E-state index in [9.17, 15) is 0 Å². The molecule has 88 valence electrons. The fraction of sp³-hybridized carbons (Fsp3) is 0.833. The fourth-order valence-corrected chi connectivity index (χ4v) is 2.05. The van der Waals surface area contributed by atoms with E-state index < -0.39 is 0 Å². The molecular weight excluding hydrogens is 208 g/mol. The van der Waals surface area contributed by atoms with Crippen molar-refractivity contribution in [2.45, 2.75) is 45.2 Å². The van der Waals surface area contributed by atoms with Crippen molar-refractivity contribution in [3.05, 3.63) is 11.6 Å². The number of likely N-dealkylation sites (tertiary alicyclic amines) is 1. The van der Waals surface area contributed by atoms with Gasteiger partial charge in [-0.15, -0.1) is 0 Å². The Morgan fingerprint density at radius 1 is 1.47 bits per heavy atom. The summed E-state index contributed by atoms with van der Waals surface area (Å²) in [6.07, 6.45) is 4.64. The van der Waals surface area contributed by atoms with Gasteiger partial charge in [-0.25, -0.2) is 0 Å². The molecule has 1 aliphatic heterocycles. The molecule has 0 amide bonds. The van der Waals surface area contributed by atoms with Crippen molar-refractivity contribution in [3.8, 4) is 0 Å². The maximum Gasteiger partial charge on any atom is 0.0224 e. The summed E-state index contributed by atoms with van der Waals surface area (Å²) in [4.78, 5) is 2.50. The van der Waals surface area contributed by atoms with Crippen molar-refractivity contribution in [2.24, 2.45) is 0 Å². The molecule has 0 saturated carbocycles. The van der Waals surface area contributed by atoms with E-state index in [0.717, 1.165) is 13.1 Å². The van der Waals surface area contributed by atoms with Crippen LogP contribution in [-0.2, 0) is 0 Å². The Balaban J connectivity index is 2.33. The Hall–Kier alpha value is -0.0500. The standard InChI is InChI=1S/C12H23ClN2/c1-12(2,3)14-10-11-6-4-8-15(11)9-5-7-13/h5,7,11,14H,4,6,8-10H2,1-3H3/b7-5+. The zero-order valence-electron chi connectivity index (χ0n) is 10.1. The summed E-state index contributed by atoms with van der Waals surface area (Å²) in [6, 6.07) is 0.678. The van der Waals surface area contributed by atoms with Gasteiger partial charge in [0.2, 0.25) is 0 Å². The van der Waals surface area contributed by atoms with Crippen LogP contribution in [0.1, 0.15) is 33.6 Å². The van der Waals surface area contributed by atoms with Crippen LogP contribution in [0, 0.1) is 0 Å². The van der Waals surface area contributed by atoms with Crippen molar-refractivity contribution in [3.63, 3.8) is 0 Å². The monoisotopic (exact) mass is 230 g/mol. The first-order valence-electron chi connectivity index (χ1n) is 5.77. The minimum atomic E-state index is 0.219. The predicted molar refractivity (Wildman–Crippen MR) is 67.3 cm³/mol. The summed E-state index contributed by atoms with van der Waals surface area (Å²) in [6.45, 7) is 9.91. The third kappa shape index (κ3) is 5.01. The lowest BCUT2D eigenvalue weighted by atomic mass is 10.1. The van der Waals surface area contributed by atoms with Gasteiger partial charge < -0.3 is 5.32 Å². The van der Waals surface area contributed by atoms with Crippen LogP contribution in [0.5, 0.6) is 0 Å². The number of hydrogen-bond acceptors (Lipinski definition) is 2. The van der Waals surface area contributed by atoms with Crippen LogP contribution in [0.25, 0.3) is 0 Å². The lowest BCUT2D eigenvalue weighted by Crippen LogP contribution is -2.45. The molecule has 0 aromatic heterocycles. The summed E-state index contributed by atoms with van der Waals surface area (Å²) < 4.78 is 0. The van der Waals surface area contributed by atoms with Crippen molar-refractivity contribution < 1.29 is 0 Å². The molecule has 1 aliphatic rings. The zero-order valence-corrected chi connectivity index (χ0v) is 10.8. The molecule has 1 N–H and O–H groups in total. The highest BCUT2D eigenvalue weighted by Gasteiger charge is 2.24. The topological polar surface area (TPSA) is 15.3 Å². The second-order valence-electron chi connectivity index (χ2n) is 5.28. The Bertz CT molecular complexity index is 208. The molecule has 0 radical (unpaired) electrons. The molecule has 1 heterocycles. The number of nitrogens with one attached hydrogen (secondary N) is 1. The molecular formula is C12H23ClN2. The quantitative estimate of drug-likeness (QED) is 0.799. The van der Waals surface area contributed by atoms with Crippen molar-refractivity contribution in [1.29, 1.82) is 0 Å². The molecule has 0 aromatic rings. The van der Waals surface area contributed by atoms with Crippen molar-refractivity contribution >= 4 is 11.6 Å². The Morgan fingerprint density at radius 3 is 2.80 bits per heavy atom. The molecule has 0 aromatic carbocycles. The zero-order chi connectivity index (χ0) is 11.3. The van der Waals surface area contributed by atoms with E-state index in [1.807, 2.05) is 6.08 Å². The lowest BCUT2D eigenvalue weighted by molar-refractivity contribution is 0.254. The smallest absolute Gasteiger partial charge is 0.0224 e. The lowest BCUT2D eigenvalue weighted by Gasteiger charge is -2.28. The van der Waals surface area contributed by atoms with Gasteiger partial charge in [-0.3, -0.25) is 4.90 Å². The van der Waals surface area contributed by atoms with Gasteiger partial charge in [0.05, 0.1) is 0 Å². The average Bonchev–Trinajstić information content (AvgIpc) is 2.57. The Labute approximate surface area is 98.7 Å². The summed E-state index contributed by atoms with van der Waals surface area (Å²) in [7, 11) is 0. The highest BCUT2D eigenvalue weighted by Crippen LogP contribution is 2.17. The Kier molecular flexibility index (Phi) is 5.10. The third-order valence-corrected chi connectivity index (χ3v) is 2.97. The maximum absolute atomic E-state index is 5.55. The first-order chi connectivity index (χ1) is 7.03. The van der Waals surface area contributed by atoms with Crippen molar-refractivity contribution in [2.75, 3.05) is 19.6 Å². The largest absolute Gasteiger partial charge is 0.311 e. The minimum absolute atomic E-state index is 0.219. The van der Waals surface area contributed by atoms with Gasteiger partial charge in [0.15, 0.2) is 0 Å². The van der Waals surface area contributed by atoms with Crippen LogP contribution in [0.3, 0.4) is 0 Å². The highest BCUT2D eigenvalue weighted by atomic mass is 35.5. The molecule has 0 spiro atoms. The van der Waals surface area contributed by atoms with Gasteiger partial charge >= 0.3 is 0 Å². The van der Waals surface area contributed by atoms with E-state index in [-0.39, 0.29) is 5.54 Å². The van der Waals surface area contributed by atoms with E-state index in [0.29, 0.717) is 6.04 Å². The van der Waals surface area contributed by atoms with Gasteiger partial charge in [-0.1, -0.05) is 17.7 Å². The van der Waals surface area contributed by atoms with Crippen molar-refractivity contribution in [1.82, 2.24) is 10.2 Å². The SMILES string of the molecule is CC(C)(C)NCC1CCCN1C/C=C/Cl. The summed E-state index contributed by atoms with van der Waals surface area (Å²) in [5, 5.41) is 3.57. The molecule has 2 nitrogen and oxygen atoms in total. The number of rotatable bonds is 4. The van der Waals surface area contributed by atoms with E-state index in [4.69, 9.17) is 11.6 Å². The molecule has 1 fully saturated rings. The van der Waals surface area contributed by atoms with E-state index >= 15 is 0 Å². The van der Waals surface area contributed by atoms with Crippen LogP contribution < -0.4 is 5.32 Å². The first-order valence-corrected chi connectivity index (χ1v) is 6.21. The van der Waals surface area contributed by atoms with Gasteiger partial charge in [0.25, 0.3) is 0 Å². The second kappa shape index (κ2) is 5.88. The second-order valence-corrected chi connectivity index (χ2v) is 5.54. The molecule has 15 heavy (non-hydrogen) atoms. The molecule has 1 saturated heterocycles. The van der Waals surface area contributed by atoms with Gasteiger partial charge in [-0.2, -0.15) is 0 Å². The molecule has 0 bridgehead atoms. The van der Waals surface area contributed by atoms with Crippen LogP contribution in [0.2, 0.25) is 0 Å². The summed E-state index contributed by atoms with van der Waals surface area (Å²) >= 11 is 5.55. The van der Waals surface area contributed by atoms with Gasteiger partial charge in [-0.05, 0) is 40.2 Å². The van der Waals surface area contributed by atoms with Crippen LogP contribution >= 0.6 is 11.6 Å². The van der Waals surface area contributed by atoms with E-state index in [1.54, 1.807) is 5.54 Å². The third-order valence-electron chi connectivity index (χ3n) is 2.80. The summed E-state index contributed by atoms with van der Waals surface area (Å²) in [5.41, 5.74) is 1.84. The molecule has 1 atom stereocenters. The fourth-order valence-electron chi connectivity index (χ4n) is 1.97. The molecule has 1 unspecified atom stereocenters. The Morgan fingerprint density at radius 2 is 2.20 bits per heavy atom. The van der Waals surface area contributed by atoms with Crippen LogP contribution in [0.15, 0.2) is 11.6 Å². The van der Waals surface area contributed by atoms with E-state index in [1.165, 1.54) is 19.4 Å².